The van der Waals surface area contributed by atoms with Crippen molar-refractivity contribution < 1.29 is 22.7 Å². The van der Waals surface area contributed by atoms with Crippen LogP contribution in [0.5, 0.6) is 5.75 Å². The van der Waals surface area contributed by atoms with E-state index in [1.807, 2.05) is 114 Å². The Morgan fingerprint density at radius 3 is 2.23 bits per heavy atom. The van der Waals surface area contributed by atoms with Gasteiger partial charge >= 0.3 is 0 Å². The van der Waals surface area contributed by atoms with Crippen molar-refractivity contribution in [1.29, 1.82) is 0 Å². The summed E-state index contributed by atoms with van der Waals surface area (Å²) in [5.74, 6) is 0.193. The van der Waals surface area contributed by atoms with Gasteiger partial charge in [0.25, 0.3) is 15.9 Å². The molecule has 1 aliphatic heterocycles. The largest absolute Gasteiger partial charge is 0.465 e. The molecule has 1 heterocycles. The fourth-order valence-electron chi connectivity index (χ4n) is 7.40. The normalized spacial score (nSPS) is 14.5. The summed E-state index contributed by atoms with van der Waals surface area (Å²) in [6, 6.07) is 28.5. The van der Waals surface area contributed by atoms with Crippen LogP contribution in [0.3, 0.4) is 0 Å². The van der Waals surface area contributed by atoms with Crippen LogP contribution in [-0.2, 0) is 19.6 Å². The van der Waals surface area contributed by atoms with Crippen LogP contribution in [-0.4, -0.2) is 56.3 Å². The summed E-state index contributed by atoms with van der Waals surface area (Å²) in [5, 5.41) is 11.3. The number of carbonyl (C=O) groups excluding carboxylic acids is 1. The van der Waals surface area contributed by atoms with Crippen molar-refractivity contribution in [2.75, 3.05) is 35.8 Å². The number of aryl methyl sites for hydroxylation is 4. The molecule has 0 aromatic heterocycles. The topological polar surface area (TPSA) is 134 Å². The third kappa shape index (κ3) is 10.8. The number of hydrogen-bond acceptors (Lipinski definition) is 9. The quantitative estimate of drug-likeness (QED) is 0.0556. The van der Waals surface area contributed by atoms with E-state index in [0.29, 0.717) is 23.5 Å². The smallest absolute Gasteiger partial charge is 0.278 e. The first kappa shape index (κ1) is 44.8. The molecule has 0 bridgehead atoms. The second kappa shape index (κ2) is 20.2. The van der Waals surface area contributed by atoms with Gasteiger partial charge in [-0.15, -0.1) is 0 Å². The highest BCUT2D eigenvalue weighted by Crippen LogP contribution is 2.38. The molecule has 61 heavy (non-hydrogen) atoms. The molecule has 1 amide bonds. The van der Waals surface area contributed by atoms with E-state index < -0.39 is 22.2 Å². The lowest BCUT2D eigenvalue weighted by atomic mass is 9.99. The van der Waals surface area contributed by atoms with E-state index >= 15 is 0 Å². The monoisotopic (exact) mass is 844 g/mol. The van der Waals surface area contributed by atoms with Gasteiger partial charge in [0.05, 0.1) is 11.4 Å². The van der Waals surface area contributed by atoms with Gasteiger partial charge in [-0.1, -0.05) is 88.1 Å². The number of nitrogens with zero attached hydrogens (tertiary/aromatic N) is 3. The zero-order valence-corrected chi connectivity index (χ0v) is 37.6. The third-order valence-corrected chi connectivity index (χ3v) is 12.8. The third-order valence-electron chi connectivity index (χ3n) is 11.0. The van der Waals surface area contributed by atoms with Crippen LogP contribution in [0.1, 0.15) is 82.1 Å². The van der Waals surface area contributed by atoms with Gasteiger partial charge in [0.1, 0.15) is 17.4 Å². The summed E-state index contributed by atoms with van der Waals surface area (Å²) in [4.78, 5) is 25.1. The van der Waals surface area contributed by atoms with Crippen molar-refractivity contribution in [3.8, 4) is 5.75 Å². The minimum absolute atomic E-state index is 0.0138. The van der Waals surface area contributed by atoms with Gasteiger partial charge in [0, 0.05) is 36.6 Å². The zero-order chi connectivity index (χ0) is 43.7. The van der Waals surface area contributed by atoms with Crippen LogP contribution in [0.4, 0.5) is 28.4 Å². The number of anilines is 3. The maximum Gasteiger partial charge on any atom is 0.278 e. The molecule has 0 fully saturated rings. The molecule has 12 heteroatoms. The predicted octanol–water partition coefficient (Wildman–Crippen LogP) is 11.4. The number of nitrogens with one attached hydrogen (secondary N) is 3. The first-order valence-corrected chi connectivity index (χ1v) is 22.9. The van der Waals surface area contributed by atoms with Gasteiger partial charge in [-0.25, -0.2) is 22.7 Å². The van der Waals surface area contributed by atoms with Crippen molar-refractivity contribution in [3.63, 3.8) is 0 Å². The first-order valence-electron chi connectivity index (χ1n) is 21.4. The number of unbranched alkanes of at least 4 members (excludes halogenated alkanes) is 1. The van der Waals surface area contributed by atoms with Crippen LogP contribution < -0.4 is 20.7 Å². The summed E-state index contributed by atoms with van der Waals surface area (Å²) in [6.07, 6.45) is 3.69. The Balaban J connectivity index is 1.38. The number of aliphatic imine (C=N–C) groups is 2. The number of benzene rings is 5. The molecular weight excluding hydrogens is 785 g/mol. The highest BCUT2D eigenvalue weighted by molar-refractivity contribution is 7.90. The van der Waals surface area contributed by atoms with E-state index in [1.54, 1.807) is 12.1 Å². The SMILES string of the molecule is CCCCC(CC)CN1C(/C(=N/c2ccc(NCC)cc2C)C(=O)Nc2cc(NCOC(CC)Oc3ccc(C)cc3C)ccc2C)=Nc2cc3ccccc3cc2S1(=O)=O. The second-order valence-electron chi connectivity index (χ2n) is 15.7. The minimum Gasteiger partial charge on any atom is -0.465 e. The van der Waals surface area contributed by atoms with Gasteiger partial charge < -0.3 is 25.4 Å². The van der Waals surface area contributed by atoms with Crippen molar-refractivity contribution in [2.45, 2.75) is 98.7 Å². The number of carbonyl (C=O) groups is 1. The zero-order valence-electron chi connectivity index (χ0n) is 36.8. The van der Waals surface area contributed by atoms with Crippen LogP contribution in [0.15, 0.2) is 106 Å². The van der Waals surface area contributed by atoms with Gasteiger partial charge in [-0.05, 0) is 123 Å². The number of hydrogen-bond donors (Lipinski definition) is 3. The van der Waals surface area contributed by atoms with Crippen LogP contribution >= 0.6 is 0 Å². The Kier molecular flexibility index (Phi) is 14.9. The Bertz CT molecular complexity index is 2540. The fraction of sp³-hybridized carbons (Fsp3) is 0.367. The second-order valence-corrected chi connectivity index (χ2v) is 17.6. The standard InChI is InChI=1S/C49H60N6O5S/c1-9-13-16-36(10-2)30-55-48(53-43-27-37-17-14-15-18-38(37)28-45(43)61(55,57)58)47(52-41-23-22-39(50-12-4)26-34(41)7)49(56)54-42-29-40(21-20-33(42)6)51-31-59-46(11-3)60-44-24-19-32(5)25-35(44)8/h14-15,17-29,36,46,50-51H,9-13,16,30-31H2,1-8H3,(H,54,56)/b52-47-. The molecule has 3 N–H and O–H groups in total. The van der Waals surface area contributed by atoms with Crippen molar-refractivity contribution >= 4 is 66.7 Å². The van der Waals surface area contributed by atoms with Crippen LogP contribution in [0.25, 0.3) is 10.8 Å². The number of fused-ring (bicyclic) bond motifs is 2. The van der Waals surface area contributed by atoms with E-state index in [1.165, 1.54) is 4.31 Å². The molecule has 0 aliphatic carbocycles. The van der Waals surface area contributed by atoms with Gasteiger partial charge in [-0.3, -0.25) is 4.79 Å². The number of amides is 1. The summed E-state index contributed by atoms with van der Waals surface area (Å²) in [6.45, 7) is 17.2. The lowest BCUT2D eigenvalue weighted by Gasteiger charge is -2.33. The fourth-order valence-corrected chi connectivity index (χ4v) is 9.05. The minimum atomic E-state index is -4.18. The molecule has 0 spiro atoms. The lowest BCUT2D eigenvalue weighted by Crippen LogP contribution is -2.48. The van der Waals surface area contributed by atoms with Crippen LogP contribution in [0.2, 0.25) is 0 Å². The average molecular weight is 845 g/mol. The molecule has 5 aromatic rings. The molecule has 2 atom stereocenters. The van der Waals surface area contributed by atoms with E-state index in [2.05, 4.69) is 35.9 Å². The molecule has 5 aromatic carbocycles. The summed E-state index contributed by atoms with van der Waals surface area (Å²) in [5.41, 5.74) is 6.63. The lowest BCUT2D eigenvalue weighted by molar-refractivity contribution is -0.110. The molecule has 0 radical (unpaired) electrons. The Labute approximate surface area is 361 Å². The Morgan fingerprint density at radius 2 is 1.54 bits per heavy atom. The van der Waals surface area contributed by atoms with E-state index in [4.69, 9.17) is 19.5 Å². The van der Waals surface area contributed by atoms with E-state index in [9.17, 15) is 13.2 Å². The maximum absolute atomic E-state index is 14.9. The molecule has 6 rings (SSSR count). The average Bonchev–Trinajstić information content (AvgIpc) is 3.24. The Morgan fingerprint density at radius 1 is 0.803 bits per heavy atom. The van der Waals surface area contributed by atoms with Gasteiger partial charge in [-0.2, -0.15) is 0 Å². The highest BCUT2D eigenvalue weighted by atomic mass is 32.2. The van der Waals surface area contributed by atoms with Crippen molar-refractivity contribution in [2.24, 2.45) is 15.9 Å². The van der Waals surface area contributed by atoms with Crippen LogP contribution in [0, 0.1) is 33.6 Å². The molecule has 2 unspecified atom stereocenters. The predicted molar refractivity (Wildman–Crippen MR) is 251 cm³/mol. The molecule has 322 valence electrons. The summed E-state index contributed by atoms with van der Waals surface area (Å²) < 4.78 is 43.4. The molecule has 1 aliphatic rings. The summed E-state index contributed by atoms with van der Waals surface area (Å²) >= 11 is 0. The van der Waals surface area contributed by atoms with Crippen molar-refractivity contribution in [3.05, 3.63) is 113 Å². The van der Waals surface area contributed by atoms with Gasteiger partial charge in [0.15, 0.2) is 11.5 Å². The highest BCUT2D eigenvalue weighted by Gasteiger charge is 2.40. The molecule has 0 saturated heterocycles. The maximum atomic E-state index is 14.9. The van der Waals surface area contributed by atoms with Crippen molar-refractivity contribution in [1.82, 2.24) is 4.31 Å². The Hall–Kier alpha value is -5.72. The van der Waals surface area contributed by atoms with Gasteiger partial charge in [0.2, 0.25) is 6.29 Å². The molecule has 11 nitrogen and oxygen atoms in total. The molecule has 0 saturated carbocycles. The number of ether oxygens (including phenoxy) is 2. The summed E-state index contributed by atoms with van der Waals surface area (Å²) in [7, 11) is -4.18. The van der Waals surface area contributed by atoms with E-state index in [-0.39, 0.29) is 41.3 Å². The van der Waals surface area contributed by atoms with E-state index in [0.717, 1.165) is 76.7 Å². The first-order chi connectivity index (χ1) is 29.3. The number of sulfonamides is 1. The molecular formula is C49H60N6O5S. The number of rotatable bonds is 19. The number of amidine groups is 1.